The van der Waals surface area contributed by atoms with Crippen LogP contribution in [-0.2, 0) is 22.3 Å². The van der Waals surface area contributed by atoms with Crippen molar-refractivity contribution in [1.29, 1.82) is 0 Å². The first-order valence-electron chi connectivity index (χ1n) is 10.4. The van der Waals surface area contributed by atoms with Crippen molar-refractivity contribution in [3.8, 4) is 0 Å². The first kappa shape index (κ1) is 20.6. The second-order valence-corrected chi connectivity index (χ2v) is 8.26. The predicted molar refractivity (Wildman–Crippen MR) is 111 cm³/mol. The summed E-state index contributed by atoms with van der Waals surface area (Å²) in [5, 5.41) is 6.88. The highest BCUT2D eigenvalue weighted by molar-refractivity contribution is 7.09. The number of aryl methyl sites for hydroxylation is 1. The van der Waals surface area contributed by atoms with Crippen LogP contribution in [0.4, 0.5) is 0 Å². The number of aromatic nitrogens is 1. The molecule has 1 atom stereocenters. The van der Waals surface area contributed by atoms with Crippen LogP contribution in [0.5, 0.6) is 0 Å². The molecule has 0 bridgehead atoms. The van der Waals surface area contributed by atoms with E-state index in [-0.39, 0.29) is 0 Å². The van der Waals surface area contributed by atoms with Gasteiger partial charge in [0.05, 0.1) is 29.5 Å². The average Bonchev–Trinajstić information content (AvgIpc) is 3.19. The lowest BCUT2D eigenvalue weighted by molar-refractivity contribution is -0.0721. The molecule has 2 fully saturated rings. The zero-order valence-electron chi connectivity index (χ0n) is 16.8. The van der Waals surface area contributed by atoms with Crippen molar-refractivity contribution in [3.63, 3.8) is 0 Å². The van der Waals surface area contributed by atoms with Crippen molar-refractivity contribution in [2.24, 2.45) is 4.99 Å². The third-order valence-electron chi connectivity index (χ3n) is 5.31. The monoisotopic (exact) mass is 394 g/mol. The molecule has 0 aromatic carbocycles. The molecule has 1 aromatic rings. The number of guanidine groups is 1. The number of piperidine rings is 1. The normalized spacial score (nSPS) is 22.2. The minimum absolute atomic E-state index is 0.310. The van der Waals surface area contributed by atoms with Gasteiger partial charge in [-0.15, -0.1) is 11.3 Å². The lowest BCUT2D eigenvalue weighted by Gasteiger charge is -2.35. The van der Waals surface area contributed by atoms with Crippen LogP contribution >= 0.6 is 11.3 Å². The quantitative estimate of drug-likeness (QED) is 0.569. The Morgan fingerprint density at radius 1 is 1.37 bits per heavy atom. The summed E-state index contributed by atoms with van der Waals surface area (Å²) in [4.78, 5) is 11.4. The van der Waals surface area contributed by atoms with Crippen LogP contribution in [0.1, 0.15) is 49.7 Å². The molecular weight excluding hydrogens is 360 g/mol. The van der Waals surface area contributed by atoms with Crippen molar-refractivity contribution in [2.45, 2.75) is 64.1 Å². The number of hydrogen-bond donors (Lipinski definition) is 1. The summed E-state index contributed by atoms with van der Waals surface area (Å²) < 4.78 is 11.9. The molecule has 3 rings (SSSR count). The van der Waals surface area contributed by atoms with Crippen molar-refractivity contribution < 1.29 is 9.47 Å². The molecule has 2 saturated heterocycles. The number of ether oxygens (including phenoxy) is 2. The maximum Gasteiger partial charge on any atom is 0.193 e. The molecule has 2 aliphatic heterocycles. The van der Waals surface area contributed by atoms with Gasteiger partial charge in [-0.1, -0.05) is 6.92 Å². The molecule has 27 heavy (non-hydrogen) atoms. The van der Waals surface area contributed by atoms with Crippen molar-refractivity contribution in [3.05, 3.63) is 16.1 Å². The van der Waals surface area contributed by atoms with Crippen molar-refractivity contribution >= 4 is 17.3 Å². The van der Waals surface area contributed by atoms with Crippen molar-refractivity contribution in [1.82, 2.24) is 15.2 Å². The summed E-state index contributed by atoms with van der Waals surface area (Å²) in [6.07, 6.45) is 8.35. The van der Waals surface area contributed by atoms with Gasteiger partial charge in [0.25, 0.3) is 0 Å². The molecule has 0 saturated carbocycles. The molecule has 3 heterocycles. The van der Waals surface area contributed by atoms with Gasteiger partial charge in [0.2, 0.25) is 0 Å². The average molecular weight is 395 g/mol. The molecule has 152 valence electrons. The third kappa shape index (κ3) is 6.43. The molecule has 1 N–H and O–H groups in total. The number of likely N-dealkylation sites (tertiary alicyclic amines) is 1. The zero-order chi connectivity index (χ0) is 18.9. The fraction of sp³-hybridized carbons (Fsp3) is 0.800. The molecule has 1 unspecified atom stereocenters. The van der Waals surface area contributed by atoms with E-state index in [1.165, 1.54) is 23.5 Å². The summed E-state index contributed by atoms with van der Waals surface area (Å²) >= 11 is 1.75. The van der Waals surface area contributed by atoms with Crippen molar-refractivity contribution in [2.75, 3.05) is 39.9 Å². The fourth-order valence-corrected chi connectivity index (χ4v) is 4.46. The molecule has 0 spiro atoms. The molecular formula is C20H34N4O2S. The minimum atomic E-state index is 0.310. The second kappa shape index (κ2) is 11.0. The molecule has 6 nitrogen and oxygen atoms in total. The largest absolute Gasteiger partial charge is 0.376 e. The molecule has 7 heteroatoms. The summed E-state index contributed by atoms with van der Waals surface area (Å²) in [6.45, 7) is 6.66. The van der Waals surface area contributed by atoms with Crippen LogP contribution < -0.4 is 5.32 Å². The van der Waals surface area contributed by atoms with E-state index in [1.54, 1.807) is 11.3 Å². The summed E-state index contributed by atoms with van der Waals surface area (Å²) in [5.74, 6) is 0.995. The second-order valence-electron chi connectivity index (χ2n) is 7.32. The van der Waals surface area contributed by atoms with E-state index in [0.29, 0.717) is 12.2 Å². The fourth-order valence-electron chi connectivity index (χ4n) is 3.68. The van der Waals surface area contributed by atoms with Gasteiger partial charge in [-0.25, -0.2) is 4.98 Å². The topological polar surface area (TPSA) is 59.0 Å². The molecule has 0 amide bonds. The number of thiazole rings is 1. The van der Waals surface area contributed by atoms with Gasteiger partial charge in [0.15, 0.2) is 5.96 Å². The summed E-state index contributed by atoms with van der Waals surface area (Å²) in [6, 6.07) is 0. The molecule has 2 aliphatic rings. The maximum absolute atomic E-state index is 6.12. The van der Waals surface area contributed by atoms with Gasteiger partial charge in [-0.05, 0) is 38.5 Å². The Labute approximate surface area is 167 Å². The maximum atomic E-state index is 6.12. The van der Waals surface area contributed by atoms with Gasteiger partial charge >= 0.3 is 0 Å². The van der Waals surface area contributed by atoms with Gasteiger partial charge in [-0.3, -0.25) is 4.99 Å². The molecule has 0 radical (unpaired) electrons. The van der Waals surface area contributed by atoms with Gasteiger partial charge in [0.1, 0.15) is 0 Å². The number of nitrogens with one attached hydrogen (secondary N) is 1. The Balaban J connectivity index is 1.34. The van der Waals surface area contributed by atoms with E-state index < -0.39 is 0 Å². The number of rotatable bonds is 7. The highest BCUT2D eigenvalue weighted by atomic mass is 32.1. The zero-order valence-corrected chi connectivity index (χ0v) is 17.6. The van der Waals surface area contributed by atoms with Gasteiger partial charge < -0.3 is 19.7 Å². The van der Waals surface area contributed by atoms with E-state index in [9.17, 15) is 0 Å². The van der Waals surface area contributed by atoms with Crippen LogP contribution in [-0.4, -0.2) is 67.9 Å². The van der Waals surface area contributed by atoms with Crippen LogP contribution in [0.3, 0.4) is 0 Å². The smallest absolute Gasteiger partial charge is 0.193 e. The number of hydrogen-bond acceptors (Lipinski definition) is 5. The standard InChI is InChI=1S/C20H34N4O2S/c1-3-19-23-16(15-27-19)7-10-22-20(21-2)24-11-8-17(9-12-24)26-14-18-6-4-5-13-25-18/h15,17-18H,3-14H2,1-2H3,(H,21,22). The van der Waals surface area contributed by atoms with Crippen LogP contribution in [0.15, 0.2) is 10.4 Å². The highest BCUT2D eigenvalue weighted by Crippen LogP contribution is 2.18. The van der Waals surface area contributed by atoms with Crippen LogP contribution in [0.25, 0.3) is 0 Å². The Bertz CT molecular complexity index is 578. The van der Waals surface area contributed by atoms with E-state index in [0.717, 1.165) is 70.9 Å². The predicted octanol–water partition coefficient (Wildman–Crippen LogP) is 2.87. The Hall–Kier alpha value is -1.18. The van der Waals surface area contributed by atoms with Gasteiger partial charge in [-0.2, -0.15) is 0 Å². The van der Waals surface area contributed by atoms with E-state index in [4.69, 9.17) is 9.47 Å². The first-order valence-corrected chi connectivity index (χ1v) is 11.3. The van der Waals surface area contributed by atoms with E-state index >= 15 is 0 Å². The molecule has 0 aliphatic carbocycles. The first-order chi connectivity index (χ1) is 13.3. The number of nitrogens with zero attached hydrogens (tertiary/aromatic N) is 3. The SMILES string of the molecule is CCc1nc(CCNC(=NC)N2CCC(OCC3CCCCO3)CC2)cs1. The lowest BCUT2D eigenvalue weighted by Crippen LogP contribution is -2.47. The van der Waals surface area contributed by atoms with Crippen LogP contribution in [0.2, 0.25) is 0 Å². The third-order valence-corrected chi connectivity index (χ3v) is 6.35. The van der Waals surface area contributed by atoms with E-state index in [2.05, 4.69) is 32.5 Å². The Morgan fingerprint density at radius 3 is 2.89 bits per heavy atom. The minimum Gasteiger partial charge on any atom is -0.376 e. The Kier molecular flexibility index (Phi) is 8.35. The van der Waals surface area contributed by atoms with E-state index in [1.807, 2.05) is 7.05 Å². The number of aliphatic imine (C=N–C) groups is 1. The highest BCUT2D eigenvalue weighted by Gasteiger charge is 2.23. The molecule has 1 aromatic heterocycles. The summed E-state index contributed by atoms with van der Waals surface area (Å²) in [7, 11) is 1.86. The Morgan fingerprint density at radius 2 is 2.22 bits per heavy atom. The van der Waals surface area contributed by atoms with Gasteiger partial charge in [0, 0.05) is 45.1 Å². The summed E-state index contributed by atoms with van der Waals surface area (Å²) in [5.41, 5.74) is 1.18. The van der Waals surface area contributed by atoms with Crippen LogP contribution in [0, 0.1) is 0 Å². The lowest BCUT2D eigenvalue weighted by atomic mass is 10.1.